The summed E-state index contributed by atoms with van der Waals surface area (Å²) >= 11 is 0. The smallest absolute Gasteiger partial charge is 0.261 e. The second-order valence-electron chi connectivity index (χ2n) is 5.50. The summed E-state index contributed by atoms with van der Waals surface area (Å²) in [7, 11) is -1.91. The lowest BCUT2D eigenvalue weighted by atomic mass is 10.2. The van der Waals surface area contributed by atoms with Gasteiger partial charge in [-0.1, -0.05) is 17.7 Å². The molecule has 0 aliphatic carbocycles. The highest BCUT2D eigenvalue weighted by Gasteiger charge is 2.13. The van der Waals surface area contributed by atoms with Crippen molar-refractivity contribution in [1.29, 1.82) is 0 Å². The van der Waals surface area contributed by atoms with Crippen molar-refractivity contribution >= 4 is 21.4 Å². The van der Waals surface area contributed by atoms with E-state index in [9.17, 15) is 8.42 Å². The van der Waals surface area contributed by atoms with Gasteiger partial charge in [-0.05, 0) is 50.2 Å². The molecule has 0 aromatic heterocycles. The van der Waals surface area contributed by atoms with Crippen LogP contribution in [0.4, 0.5) is 11.4 Å². The van der Waals surface area contributed by atoms with E-state index in [4.69, 9.17) is 4.74 Å². The van der Waals surface area contributed by atoms with E-state index in [0.29, 0.717) is 12.3 Å². The number of hydrogen-bond acceptors (Lipinski definition) is 4. The minimum atomic E-state index is -3.57. The number of benzene rings is 2. The molecule has 0 amide bonds. The lowest BCUT2D eigenvalue weighted by Crippen LogP contribution is -2.20. The van der Waals surface area contributed by atoms with Crippen molar-refractivity contribution in [3.63, 3.8) is 0 Å². The van der Waals surface area contributed by atoms with E-state index in [-0.39, 0.29) is 10.9 Å². The van der Waals surface area contributed by atoms with Gasteiger partial charge in [0.2, 0.25) is 0 Å². The molecule has 0 radical (unpaired) electrons. The SMILES string of the molecule is COC[C@@H](C)Nc1ccc(NS(=O)(=O)c2ccc(C)cc2)cc1. The summed E-state index contributed by atoms with van der Waals surface area (Å²) in [6.07, 6.45) is 0. The maximum absolute atomic E-state index is 12.3. The number of aryl methyl sites for hydroxylation is 1. The van der Waals surface area contributed by atoms with Gasteiger partial charge in [-0.25, -0.2) is 8.42 Å². The maximum atomic E-state index is 12.3. The highest BCUT2D eigenvalue weighted by atomic mass is 32.2. The van der Waals surface area contributed by atoms with Gasteiger partial charge in [-0.2, -0.15) is 0 Å². The second kappa shape index (κ2) is 7.48. The summed E-state index contributed by atoms with van der Waals surface area (Å²) in [6, 6.07) is 14.0. The Balaban J connectivity index is 2.06. The average molecular weight is 334 g/mol. The topological polar surface area (TPSA) is 67.4 Å². The molecule has 2 aromatic rings. The zero-order valence-electron chi connectivity index (χ0n) is 13.5. The number of ether oxygens (including phenoxy) is 1. The van der Waals surface area contributed by atoms with Crippen molar-refractivity contribution in [3.8, 4) is 0 Å². The Morgan fingerprint density at radius 3 is 2.13 bits per heavy atom. The third-order valence-electron chi connectivity index (χ3n) is 3.30. The molecule has 0 unspecified atom stereocenters. The van der Waals surface area contributed by atoms with Gasteiger partial charge < -0.3 is 10.1 Å². The zero-order chi connectivity index (χ0) is 16.9. The molecule has 0 heterocycles. The first-order valence-electron chi connectivity index (χ1n) is 7.36. The van der Waals surface area contributed by atoms with Crippen LogP contribution in [0.3, 0.4) is 0 Å². The van der Waals surface area contributed by atoms with Gasteiger partial charge in [0.15, 0.2) is 0 Å². The fourth-order valence-electron chi connectivity index (χ4n) is 2.14. The summed E-state index contributed by atoms with van der Waals surface area (Å²) in [5, 5.41) is 3.27. The Kier molecular flexibility index (Phi) is 5.63. The summed E-state index contributed by atoms with van der Waals surface area (Å²) in [4.78, 5) is 0.249. The van der Waals surface area contributed by atoms with Crippen molar-refractivity contribution in [1.82, 2.24) is 0 Å². The number of methoxy groups -OCH3 is 1. The molecule has 0 spiro atoms. The van der Waals surface area contributed by atoms with E-state index in [1.807, 2.05) is 26.0 Å². The molecular weight excluding hydrogens is 312 g/mol. The molecule has 2 rings (SSSR count). The Labute approximate surface area is 137 Å². The van der Waals surface area contributed by atoms with Crippen molar-refractivity contribution in [2.75, 3.05) is 23.8 Å². The molecule has 0 aliphatic rings. The normalized spacial score (nSPS) is 12.7. The molecule has 0 bridgehead atoms. The highest BCUT2D eigenvalue weighted by Crippen LogP contribution is 2.19. The molecule has 6 heteroatoms. The standard InChI is InChI=1S/C17H22N2O3S/c1-13-4-10-17(11-5-13)23(20,21)19-16-8-6-15(7-9-16)18-14(2)12-22-3/h4-11,14,18-19H,12H2,1-3H3/t14-/m1/s1. The molecule has 2 N–H and O–H groups in total. The van der Waals surface area contributed by atoms with E-state index in [0.717, 1.165) is 11.3 Å². The summed E-state index contributed by atoms with van der Waals surface area (Å²) in [5.41, 5.74) is 2.45. The predicted octanol–water partition coefficient (Wildman–Crippen LogP) is 3.24. The van der Waals surface area contributed by atoms with E-state index in [2.05, 4.69) is 10.0 Å². The maximum Gasteiger partial charge on any atom is 0.261 e. The quantitative estimate of drug-likeness (QED) is 0.816. The monoisotopic (exact) mass is 334 g/mol. The fraction of sp³-hybridized carbons (Fsp3) is 0.294. The number of nitrogens with one attached hydrogen (secondary N) is 2. The number of sulfonamides is 1. The first-order chi connectivity index (χ1) is 10.9. The molecule has 124 valence electrons. The van der Waals surface area contributed by atoms with Crippen LogP contribution >= 0.6 is 0 Å². The van der Waals surface area contributed by atoms with Crippen LogP contribution in [0, 0.1) is 6.92 Å². The van der Waals surface area contributed by atoms with Crippen LogP contribution in [0.5, 0.6) is 0 Å². The molecule has 0 fully saturated rings. The van der Waals surface area contributed by atoms with Crippen LogP contribution in [0.1, 0.15) is 12.5 Å². The van der Waals surface area contributed by atoms with E-state index in [1.54, 1.807) is 43.5 Å². The third kappa shape index (κ3) is 4.97. The summed E-state index contributed by atoms with van der Waals surface area (Å²) in [5.74, 6) is 0. The van der Waals surface area contributed by atoms with Crippen LogP contribution in [0.15, 0.2) is 53.4 Å². The Hall–Kier alpha value is -2.05. The summed E-state index contributed by atoms with van der Waals surface area (Å²) in [6.45, 7) is 4.53. The lowest BCUT2D eigenvalue weighted by Gasteiger charge is -2.15. The minimum Gasteiger partial charge on any atom is -0.383 e. The summed E-state index contributed by atoms with van der Waals surface area (Å²) < 4.78 is 32.3. The molecule has 0 aliphatic heterocycles. The molecule has 23 heavy (non-hydrogen) atoms. The third-order valence-corrected chi connectivity index (χ3v) is 4.70. The van der Waals surface area contributed by atoms with Crippen molar-refractivity contribution in [2.24, 2.45) is 0 Å². The van der Waals surface area contributed by atoms with Crippen LogP contribution in [0.2, 0.25) is 0 Å². The molecule has 0 saturated carbocycles. The molecule has 1 atom stereocenters. The molecule has 0 saturated heterocycles. The lowest BCUT2D eigenvalue weighted by molar-refractivity contribution is 0.190. The van der Waals surface area contributed by atoms with E-state index in [1.165, 1.54) is 0 Å². The van der Waals surface area contributed by atoms with Crippen LogP contribution < -0.4 is 10.0 Å². The second-order valence-corrected chi connectivity index (χ2v) is 7.18. The van der Waals surface area contributed by atoms with Gasteiger partial charge in [0.05, 0.1) is 11.5 Å². The first kappa shape index (κ1) is 17.3. The van der Waals surface area contributed by atoms with Crippen molar-refractivity contribution in [2.45, 2.75) is 24.8 Å². The zero-order valence-corrected chi connectivity index (χ0v) is 14.4. The van der Waals surface area contributed by atoms with Crippen LogP contribution in [-0.4, -0.2) is 28.2 Å². The van der Waals surface area contributed by atoms with Gasteiger partial charge in [0.1, 0.15) is 0 Å². The molecular formula is C17H22N2O3S. The largest absolute Gasteiger partial charge is 0.383 e. The number of hydrogen-bond donors (Lipinski definition) is 2. The van der Waals surface area contributed by atoms with Gasteiger partial charge in [0.25, 0.3) is 10.0 Å². The van der Waals surface area contributed by atoms with Gasteiger partial charge in [-0.3, -0.25) is 4.72 Å². The molecule has 2 aromatic carbocycles. The van der Waals surface area contributed by atoms with Gasteiger partial charge in [-0.15, -0.1) is 0 Å². The number of anilines is 2. The van der Waals surface area contributed by atoms with Crippen molar-refractivity contribution < 1.29 is 13.2 Å². The van der Waals surface area contributed by atoms with Gasteiger partial charge in [0, 0.05) is 24.5 Å². The Morgan fingerprint density at radius 1 is 1.00 bits per heavy atom. The average Bonchev–Trinajstić information content (AvgIpc) is 2.50. The highest BCUT2D eigenvalue weighted by molar-refractivity contribution is 7.92. The van der Waals surface area contributed by atoms with E-state index < -0.39 is 10.0 Å². The fourth-order valence-corrected chi connectivity index (χ4v) is 3.20. The first-order valence-corrected chi connectivity index (χ1v) is 8.84. The Morgan fingerprint density at radius 2 is 1.57 bits per heavy atom. The van der Waals surface area contributed by atoms with Crippen LogP contribution in [0.25, 0.3) is 0 Å². The predicted molar refractivity (Wildman–Crippen MR) is 93.4 cm³/mol. The minimum absolute atomic E-state index is 0.176. The van der Waals surface area contributed by atoms with Gasteiger partial charge >= 0.3 is 0 Å². The number of rotatable bonds is 7. The van der Waals surface area contributed by atoms with E-state index >= 15 is 0 Å². The molecule has 5 nitrogen and oxygen atoms in total. The van der Waals surface area contributed by atoms with Crippen LogP contribution in [-0.2, 0) is 14.8 Å². The Bertz CT molecular complexity index is 725. The van der Waals surface area contributed by atoms with Crippen molar-refractivity contribution in [3.05, 3.63) is 54.1 Å².